The fourth-order valence-electron chi connectivity index (χ4n) is 2.56. The van der Waals surface area contributed by atoms with Crippen LogP contribution in [-0.4, -0.2) is 28.6 Å². The highest BCUT2D eigenvalue weighted by Crippen LogP contribution is 2.26. The summed E-state index contributed by atoms with van der Waals surface area (Å²) in [6, 6.07) is 6.33. The molecule has 0 spiro atoms. The van der Waals surface area contributed by atoms with Crippen LogP contribution in [0.3, 0.4) is 0 Å². The zero-order chi connectivity index (χ0) is 16.4. The number of hydrogen-bond acceptors (Lipinski definition) is 5. The van der Waals surface area contributed by atoms with Crippen molar-refractivity contribution in [1.29, 1.82) is 0 Å². The van der Waals surface area contributed by atoms with Gasteiger partial charge in [0.1, 0.15) is 23.8 Å². The van der Waals surface area contributed by atoms with Crippen LogP contribution in [0.15, 0.2) is 30.6 Å². The van der Waals surface area contributed by atoms with Crippen LogP contribution < -0.4 is 16.0 Å². The predicted octanol–water partition coefficient (Wildman–Crippen LogP) is 3.33. The highest BCUT2D eigenvalue weighted by atomic mass is 35.5. The normalized spacial score (nSPS) is 17.1. The van der Waals surface area contributed by atoms with Gasteiger partial charge in [0.05, 0.1) is 5.02 Å². The van der Waals surface area contributed by atoms with Crippen molar-refractivity contribution in [2.75, 3.05) is 23.3 Å². The first-order chi connectivity index (χ1) is 10.9. The lowest BCUT2D eigenvalue weighted by Crippen LogP contribution is -2.48. The molecule has 0 saturated carbocycles. The number of nitrogens with zero attached hydrogens (tertiary/aromatic N) is 3. The summed E-state index contributed by atoms with van der Waals surface area (Å²) < 4.78 is 13.2. The van der Waals surface area contributed by atoms with E-state index in [0.29, 0.717) is 11.5 Å². The number of nitrogens with one attached hydrogen (secondary N) is 1. The van der Waals surface area contributed by atoms with Crippen molar-refractivity contribution in [1.82, 2.24) is 9.97 Å². The number of rotatable bonds is 3. The zero-order valence-corrected chi connectivity index (χ0v) is 13.6. The van der Waals surface area contributed by atoms with Crippen molar-refractivity contribution < 1.29 is 4.39 Å². The van der Waals surface area contributed by atoms with Crippen molar-refractivity contribution in [3.8, 4) is 0 Å². The molecule has 2 aromatic rings. The van der Waals surface area contributed by atoms with Gasteiger partial charge in [-0.3, -0.25) is 0 Å². The molecule has 5 nitrogen and oxygen atoms in total. The van der Waals surface area contributed by atoms with Gasteiger partial charge in [0.25, 0.3) is 0 Å². The van der Waals surface area contributed by atoms with Gasteiger partial charge in [-0.25, -0.2) is 14.4 Å². The van der Waals surface area contributed by atoms with E-state index in [9.17, 15) is 4.39 Å². The molecule has 1 aliphatic heterocycles. The summed E-state index contributed by atoms with van der Waals surface area (Å²) in [4.78, 5) is 10.7. The summed E-state index contributed by atoms with van der Waals surface area (Å²) in [7, 11) is 0. The van der Waals surface area contributed by atoms with Gasteiger partial charge in [-0.05, 0) is 38.0 Å². The molecule has 2 heterocycles. The molecule has 1 aromatic carbocycles. The van der Waals surface area contributed by atoms with Crippen LogP contribution in [0.25, 0.3) is 0 Å². The van der Waals surface area contributed by atoms with Gasteiger partial charge in [0.15, 0.2) is 0 Å². The van der Waals surface area contributed by atoms with Crippen LogP contribution in [0, 0.1) is 5.82 Å². The van der Waals surface area contributed by atoms with Crippen LogP contribution in [0.2, 0.25) is 5.02 Å². The van der Waals surface area contributed by atoms with Crippen LogP contribution in [0.1, 0.15) is 19.8 Å². The molecule has 1 fully saturated rings. The Morgan fingerprint density at radius 3 is 2.70 bits per heavy atom. The van der Waals surface area contributed by atoms with E-state index in [1.54, 1.807) is 6.07 Å². The Kier molecular flexibility index (Phi) is 4.37. The summed E-state index contributed by atoms with van der Waals surface area (Å²) in [6.07, 6.45) is 3.36. The summed E-state index contributed by atoms with van der Waals surface area (Å²) in [6.45, 7) is 3.81. The average molecular weight is 336 g/mol. The second kappa shape index (κ2) is 6.29. The molecule has 0 bridgehead atoms. The van der Waals surface area contributed by atoms with E-state index in [4.69, 9.17) is 17.3 Å². The van der Waals surface area contributed by atoms with E-state index in [0.717, 1.165) is 31.7 Å². The number of hydrogen-bond donors (Lipinski definition) is 2. The molecule has 0 amide bonds. The maximum Gasteiger partial charge on any atom is 0.141 e. The molecule has 1 aromatic heterocycles. The Hall–Kier alpha value is -1.92. The highest BCUT2D eigenvalue weighted by Gasteiger charge is 2.26. The van der Waals surface area contributed by atoms with E-state index >= 15 is 0 Å². The summed E-state index contributed by atoms with van der Waals surface area (Å²) in [5.41, 5.74) is 6.74. The van der Waals surface area contributed by atoms with Gasteiger partial charge < -0.3 is 16.0 Å². The number of anilines is 3. The summed E-state index contributed by atoms with van der Waals surface area (Å²) in [5, 5.41) is 3.19. The lowest BCUT2D eigenvalue weighted by molar-refractivity contribution is 0.363. The molecular weight excluding hydrogens is 317 g/mol. The molecule has 0 unspecified atom stereocenters. The van der Waals surface area contributed by atoms with Crippen molar-refractivity contribution >= 4 is 28.9 Å². The third kappa shape index (κ3) is 3.89. The molecular formula is C16H19ClFN5. The van der Waals surface area contributed by atoms with Gasteiger partial charge in [-0.15, -0.1) is 0 Å². The second-order valence-electron chi connectivity index (χ2n) is 6.16. The third-order valence-electron chi connectivity index (χ3n) is 4.07. The Morgan fingerprint density at radius 2 is 2.00 bits per heavy atom. The zero-order valence-electron chi connectivity index (χ0n) is 12.9. The van der Waals surface area contributed by atoms with Gasteiger partial charge in [-0.2, -0.15) is 0 Å². The third-order valence-corrected chi connectivity index (χ3v) is 4.36. The Balaban J connectivity index is 1.73. The molecule has 3 N–H and O–H groups in total. The first-order valence-electron chi connectivity index (χ1n) is 7.51. The minimum atomic E-state index is -0.446. The number of aromatic nitrogens is 2. The van der Waals surface area contributed by atoms with E-state index in [2.05, 4.69) is 27.1 Å². The van der Waals surface area contributed by atoms with Crippen LogP contribution in [-0.2, 0) is 0 Å². The molecule has 23 heavy (non-hydrogen) atoms. The number of halogens is 2. The first-order valence-corrected chi connectivity index (χ1v) is 7.89. The lowest BCUT2D eigenvalue weighted by atomic mass is 9.91. The Morgan fingerprint density at radius 1 is 1.26 bits per heavy atom. The molecule has 0 atom stereocenters. The minimum Gasteiger partial charge on any atom is -0.356 e. The molecule has 7 heteroatoms. The van der Waals surface area contributed by atoms with Crippen molar-refractivity contribution in [2.45, 2.75) is 25.3 Å². The summed E-state index contributed by atoms with van der Waals surface area (Å²) >= 11 is 5.79. The topological polar surface area (TPSA) is 67.1 Å². The van der Waals surface area contributed by atoms with Crippen molar-refractivity contribution in [3.63, 3.8) is 0 Å². The SMILES string of the molecule is CC1(N)CCN(c2cc(Nc3ccc(F)c(Cl)c3)ncn2)CC1. The van der Waals surface area contributed by atoms with Gasteiger partial charge in [0.2, 0.25) is 0 Å². The number of nitrogens with two attached hydrogens (primary N) is 1. The van der Waals surface area contributed by atoms with E-state index in [1.165, 1.54) is 18.5 Å². The Labute approximate surface area is 139 Å². The van der Waals surface area contributed by atoms with Gasteiger partial charge in [0, 0.05) is 30.4 Å². The summed E-state index contributed by atoms with van der Waals surface area (Å²) in [5.74, 6) is 1.05. The molecule has 0 aliphatic carbocycles. The number of piperidine rings is 1. The highest BCUT2D eigenvalue weighted by molar-refractivity contribution is 6.31. The van der Waals surface area contributed by atoms with Crippen LogP contribution in [0.4, 0.5) is 21.7 Å². The quantitative estimate of drug-likeness (QED) is 0.900. The van der Waals surface area contributed by atoms with Crippen LogP contribution >= 0.6 is 11.6 Å². The molecule has 1 saturated heterocycles. The standard InChI is InChI=1S/C16H19ClFN5/c1-16(19)4-6-23(7-5-16)15-9-14(20-10-21-15)22-11-2-3-13(18)12(17)8-11/h2-3,8-10H,4-7,19H2,1H3,(H,20,21,22). The first kappa shape index (κ1) is 16.0. The van der Waals surface area contributed by atoms with Crippen molar-refractivity contribution in [2.24, 2.45) is 5.73 Å². The maximum absolute atomic E-state index is 13.2. The average Bonchev–Trinajstić information content (AvgIpc) is 2.51. The number of benzene rings is 1. The lowest BCUT2D eigenvalue weighted by Gasteiger charge is -2.37. The van der Waals surface area contributed by atoms with Gasteiger partial charge in [-0.1, -0.05) is 11.6 Å². The fraction of sp³-hybridized carbons (Fsp3) is 0.375. The molecule has 122 valence electrons. The second-order valence-corrected chi connectivity index (χ2v) is 6.56. The minimum absolute atomic E-state index is 0.0718. The monoisotopic (exact) mass is 335 g/mol. The Bertz CT molecular complexity index is 697. The van der Waals surface area contributed by atoms with E-state index in [1.807, 2.05) is 6.07 Å². The predicted molar refractivity (Wildman–Crippen MR) is 90.8 cm³/mol. The largest absolute Gasteiger partial charge is 0.356 e. The molecule has 0 radical (unpaired) electrons. The van der Waals surface area contributed by atoms with Gasteiger partial charge >= 0.3 is 0 Å². The fourth-order valence-corrected chi connectivity index (χ4v) is 2.74. The van der Waals surface area contributed by atoms with Crippen LogP contribution in [0.5, 0.6) is 0 Å². The van der Waals surface area contributed by atoms with Crippen molar-refractivity contribution in [3.05, 3.63) is 41.4 Å². The molecule has 1 aliphatic rings. The maximum atomic E-state index is 13.2. The smallest absolute Gasteiger partial charge is 0.141 e. The van der Waals surface area contributed by atoms with E-state index in [-0.39, 0.29) is 10.6 Å². The molecule has 3 rings (SSSR count). The van der Waals surface area contributed by atoms with E-state index < -0.39 is 5.82 Å².